The highest BCUT2D eigenvalue weighted by Crippen LogP contribution is 2.50. The first kappa shape index (κ1) is 17.5. The number of hydrogen-bond donors (Lipinski definition) is 0. The fourth-order valence-corrected chi connectivity index (χ4v) is 4.75. The first-order chi connectivity index (χ1) is 14.8. The van der Waals surface area contributed by atoms with E-state index in [1.165, 1.54) is 50.1 Å². The third kappa shape index (κ3) is 2.68. The van der Waals surface area contributed by atoms with Crippen molar-refractivity contribution in [2.75, 3.05) is 4.90 Å². The van der Waals surface area contributed by atoms with Crippen LogP contribution in [-0.4, -0.2) is 0 Å². The summed E-state index contributed by atoms with van der Waals surface area (Å²) in [5, 5.41) is 2.59. The molecule has 1 aliphatic rings. The number of benzene rings is 5. The molecule has 0 saturated carbocycles. The Bertz CT molecular complexity index is 1380. The number of halogens is 1. The van der Waals surface area contributed by atoms with Crippen LogP contribution >= 0.6 is 15.9 Å². The molecule has 0 N–H and O–H groups in total. The van der Waals surface area contributed by atoms with E-state index in [-0.39, 0.29) is 0 Å². The van der Waals surface area contributed by atoms with Crippen molar-refractivity contribution in [1.82, 2.24) is 0 Å². The summed E-state index contributed by atoms with van der Waals surface area (Å²) in [6.45, 7) is 0. The second kappa shape index (κ2) is 6.86. The maximum Gasteiger partial charge on any atom is 0.0546 e. The Morgan fingerprint density at radius 2 is 1.10 bits per heavy atom. The molecule has 0 radical (unpaired) electrons. The summed E-state index contributed by atoms with van der Waals surface area (Å²) in [5.41, 5.74) is 8.65. The summed E-state index contributed by atoms with van der Waals surface area (Å²) in [7, 11) is 0. The Kier molecular flexibility index (Phi) is 4.00. The smallest absolute Gasteiger partial charge is 0.0546 e. The molecule has 0 aliphatic carbocycles. The van der Waals surface area contributed by atoms with Crippen molar-refractivity contribution in [3.05, 3.63) is 114 Å². The number of rotatable bonds is 2. The summed E-state index contributed by atoms with van der Waals surface area (Å²) < 4.78 is 1.10. The highest BCUT2D eigenvalue weighted by molar-refractivity contribution is 9.10. The van der Waals surface area contributed by atoms with Crippen LogP contribution < -0.4 is 4.90 Å². The molecule has 0 spiro atoms. The standard InChI is InChI=1S/C28H18BrN/c29-22-15-11-19(12-16-22)20-13-17-23(18-14-20)30-26-9-2-1-7-24(26)25-8-3-5-21-6-4-10-27(30)28(21)25/h1-18H. The van der Waals surface area contributed by atoms with Crippen LogP contribution in [0, 0.1) is 0 Å². The lowest BCUT2D eigenvalue weighted by molar-refractivity contribution is 1.28. The van der Waals surface area contributed by atoms with Crippen molar-refractivity contribution >= 4 is 43.8 Å². The minimum atomic E-state index is 1.10. The summed E-state index contributed by atoms with van der Waals surface area (Å²) in [5.74, 6) is 0. The fourth-order valence-electron chi connectivity index (χ4n) is 4.48. The summed E-state index contributed by atoms with van der Waals surface area (Å²) in [4.78, 5) is 2.38. The Hall–Kier alpha value is -3.36. The number of para-hydroxylation sites is 1. The van der Waals surface area contributed by atoms with Crippen LogP contribution in [-0.2, 0) is 0 Å². The van der Waals surface area contributed by atoms with Gasteiger partial charge in [-0.3, -0.25) is 0 Å². The maximum absolute atomic E-state index is 3.52. The van der Waals surface area contributed by atoms with E-state index in [0.29, 0.717) is 0 Å². The van der Waals surface area contributed by atoms with Crippen LogP contribution in [0.1, 0.15) is 0 Å². The predicted molar refractivity (Wildman–Crippen MR) is 131 cm³/mol. The molecule has 30 heavy (non-hydrogen) atoms. The molecule has 0 unspecified atom stereocenters. The van der Waals surface area contributed by atoms with Gasteiger partial charge in [0.15, 0.2) is 0 Å². The van der Waals surface area contributed by atoms with Crippen molar-refractivity contribution in [3.8, 4) is 22.3 Å². The Balaban J connectivity index is 1.54. The van der Waals surface area contributed by atoms with Crippen molar-refractivity contribution in [2.45, 2.75) is 0 Å². The van der Waals surface area contributed by atoms with Crippen LogP contribution in [0.5, 0.6) is 0 Å². The molecule has 5 aromatic rings. The lowest BCUT2D eigenvalue weighted by Gasteiger charge is -2.33. The SMILES string of the molecule is Brc1ccc(-c2ccc(N3c4ccccc4-c4cccc5cccc3c45)cc2)cc1. The van der Waals surface area contributed by atoms with Crippen LogP contribution in [0.4, 0.5) is 17.1 Å². The van der Waals surface area contributed by atoms with E-state index < -0.39 is 0 Å². The van der Waals surface area contributed by atoms with E-state index in [1.54, 1.807) is 0 Å². The van der Waals surface area contributed by atoms with Gasteiger partial charge in [-0.1, -0.05) is 88.7 Å². The quantitative estimate of drug-likeness (QED) is 0.256. The maximum atomic E-state index is 3.52. The molecule has 2 heteroatoms. The Labute approximate surface area is 184 Å². The largest absolute Gasteiger partial charge is 0.309 e. The third-order valence-electron chi connectivity index (χ3n) is 5.86. The number of fused-ring (bicyclic) bond motifs is 2. The summed E-state index contributed by atoms with van der Waals surface area (Å²) in [6, 6.07) is 39.2. The molecule has 0 fully saturated rings. The van der Waals surface area contributed by atoms with Gasteiger partial charge >= 0.3 is 0 Å². The highest BCUT2D eigenvalue weighted by Gasteiger charge is 2.25. The zero-order chi connectivity index (χ0) is 20.1. The van der Waals surface area contributed by atoms with Gasteiger partial charge in [-0.15, -0.1) is 0 Å². The molecule has 0 bridgehead atoms. The van der Waals surface area contributed by atoms with Gasteiger partial charge in [0.1, 0.15) is 0 Å². The van der Waals surface area contributed by atoms with E-state index in [9.17, 15) is 0 Å². The van der Waals surface area contributed by atoms with Gasteiger partial charge in [-0.2, -0.15) is 0 Å². The molecule has 0 aromatic heterocycles. The van der Waals surface area contributed by atoms with E-state index in [1.807, 2.05) is 0 Å². The van der Waals surface area contributed by atoms with Crippen molar-refractivity contribution in [1.29, 1.82) is 0 Å². The molecule has 6 rings (SSSR count). The fraction of sp³-hybridized carbons (Fsp3) is 0. The highest BCUT2D eigenvalue weighted by atomic mass is 79.9. The first-order valence-corrected chi connectivity index (χ1v) is 10.9. The second-order valence-corrected chi connectivity index (χ2v) is 8.50. The lowest BCUT2D eigenvalue weighted by Crippen LogP contribution is -2.14. The van der Waals surface area contributed by atoms with Crippen molar-refractivity contribution in [2.24, 2.45) is 0 Å². The third-order valence-corrected chi connectivity index (χ3v) is 6.39. The average molecular weight is 448 g/mol. The molecule has 0 amide bonds. The zero-order valence-electron chi connectivity index (χ0n) is 16.2. The van der Waals surface area contributed by atoms with E-state index in [2.05, 4.69) is 130 Å². The molecular formula is C28H18BrN. The number of hydrogen-bond acceptors (Lipinski definition) is 1. The Morgan fingerprint density at radius 3 is 1.87 bits per heavy atom. The monoisotopic (exact) mass is 447 g/mol. The molecule has 0 atom stereocenters. The summed E-state index contributed by atoms with van der Waals surface area (Å²) >= 11 is 3.52. The van der Waals surface area contributed by atoms with Gasteiger partial charge in [-0.05, 0) is 58.5 Å². The predicted octanol–water partition coefficient (Wildman–Crippen LogP) is 8.72. The van der Waals surface area contributed by atoms with Gasteiger partial charge in [0.05, 0.1) is 11.4 Å². The molecule has 0 saturated heterocycles. The van der Waals surface area contributed by atoms with E-state index in [4.69, 9.17) is 0 Å². The van der Waals surface area contributed by atoms with Crippen molar-refractivity contribution < 1.29 is 0 Å². The van der Waals surface area contributed by atoms with Gasteiger partial charge in [0, 0.05) is 21.1 Å². The van der Waals surface area contributed by atoms with Gasteiger partial charge in [0.25, 0.3) is 0 Å². The average Bonchev–Trinajstić information content (AvgIpc) is 2.80. The molecule has 1 heterocycles. The van der Waals surface area contributed by atoms with Gasteiger partial charge < -0.3 is 4.90 Å². The van der Waals surface area contributed by atoms with Crippen LogP contribution in [0.2, 0.25) is 0 Å². The zero-order valence-corrected chi connectivity index (χ0v) is 17.8. The van der Waals surface area contributed by atoms with Crippen molar-refractivity contribution in [3.63, 3.8) is 0 Å². The second-order valence-electron chi connectivity index (χ2n) is 7.59. The lowest BCUT2D eigenvalue weighted by atomic mass is 9.91. The van der Waals surface area contributed by atoms with Crippen LogP contribution in [0.25, 0.3) is 33.0 Å². The molecule has 1 nitrogen and oxygen atoms in total. The van der Waals surface area contributed by atoms with E-state index in [0.717, 1.165) is 4.47 Å². The normalized spacial score (nSPS) is 12.1. The molecule has 1 aliphatic heterocycles. The topological polar surface area (TPSA) is 3.24 Å². The van der Waals surface area contributed by atoms with Crippen LogP contribution in [0.15, 0.2) is 114 Å². The Morgan fingerprint density at radius 1 is 0.500 bits per heavy atom. The van der Waals surface area contributed by atoms with Gasteiger partial charge in [0.2, 0.25) is 0 Å². The minimum Gasteiger partial charge on any atom is -0.309 e. The molecule has 5 aromatic carbocycles. The van der Waals surface area contributed by atoms with Gasteiger partial charge in [-0.25, -0.2) is 0 Å². The van der Waals surface area contributed by atoms with E-state index >= 15 is 0 Å². The van der Waals surface area contributed by atoms with Crippen LogP contribution in [0.3, 0.4) is 0 Å². The number of anilines is 3. The number of nitrogens with zero attached hydrogens (tertiary/aromatic N) is 1. The molecule has 142 valence electrons. The molecular weight excluding hydrogens is 430 g/mol. The minimum absolute atomic E-state index is 1.10. The summed E-state index contributed by atoms with van der Waals surface area (Å²) in [6.07, 6.45) is 0. The first-order valence-electron chi connectivity index (χ1n) is 10.1.